The van der Waals surface area contributed by atoms with Crippen LogP contribution in [0.2, 0.25) is 19.6 Å². The van der Waals surface area contributed by atoms with Crippen molar-refractivity contribution in [1.29, 1.82) is 0 Å². The van der Waals surface area contributed by atoms with E-state index in [1.807, 2.05) is 32.1 Å². The molecule has 8 heteroatoms. The van der Waals surface area contributed by atoms with Crippen molar-refractivity contribution in [3.63, 3.8) is 0 Å². The van der Waals surface area contributed by atoms with Gasteiger partial charge in [-0.15, -0.1) is 0 Å². The molecule has 4 atom stereocenters. The monoisotopic (exact) mass is 520 g/mol. The molecule has 1 N–H and O–H groups in total. The molecule has 1 heterocycles. The van der Waals surface area contributed by atoms with E-state index in [0.29, 0.717) is 41.7 Å². The van der Waals surface area contributed by atoms with Crippen LogP contribution in [0.4, 0.5) is 0 Å². The van der Waals surface area contributed by atoms with Gasteiger partial charge in [-0.2, -0.15) is 0 Å². The minimum Gasteiger partial charge on any atom is -0.497 e. The van der Waals surface area contributed by atoms with Crippen molar-refractivity contribution < 1.29 is 33.6 Å². The Bertz CT molecular complexity index is 931. The number of hydrogen-bond donors (Lipinski definition) is 1. The first-order chi connectivity index (χ1) is 16.8. The van der Waals surface area contributed by atoms with E-state index in [4.69, 9.17) is 23.7 Å². The maximum atomic E-state index is 13.1. The predicted octanol–water partition coefficient (Wildman–Crippen LogP) is 5.62. The van der Waals surface area contributed by atoms with Crippen molar-refractivity contribution in [2.75, 3.05) is 20.4 Å². The van der Waals surface area contributed by atoms with Gasteiger partial charge in [-0.1, -0.05) is 50.9 Å². The minimum absolute atomic E-state index is 0.105. The van der Waals surface area contributed by atoms with E-state index in [9.17, 15) is 9.90 Å². The van der Waals surface area contributed by atoms with Crippen LogP contribution in [-0.2, 0) is 14.2 Å². The van der Waals surface area contributed by atoms with Crippen LogP contribution in [0.25, 0.3) is 6.08 Å². The summed E-state index contributed by atoms with van der Waals surface area (Å²) in [5, 5.41) is 9.53. The highest BCUT2D eigenvalue weighted by atomic mass is 28.3. The van der Waals surface area contributed by atoms with Crippen LogP contribution in [0.15, 0.2) is 30.4 Å². The number of ether oxygens (including phenoxy) is 5. The summed E-state index contributed by atoms with van der Waals surface area (Å²) in [6.07, 6.45) is 8.84. The second kappa shape index (κ2) is 12.9. The molecular formula is C28H44O7Si. The molecule has 0 amide bonds. The van der Waals surface area contributed by atoms with Crippen LogP contribution in [0.5, 0.6) is 11.5 Å². The Morgan fingerprint density at radius 3 is 2.42 bits per heavy atom. The normalized spacial score (nSPS) is 21.6. The molecule has 36 heavy (non-hydrogen) atoms. The van der Waals surface area contributed by atoms with Gasteiger partial charge in [-0.3, -0.25) is 0 Å². The molecule has 0 spiro atoms. The molecule has 0 radical (unpaired) electrons. The second-order valence-electron chi connectivity index (χ2n) is 11.1. The lowest BCUT2D eigenvalue weighted by Crippen LogP contribution is -2.30. The summed E-state index contributed by atoms with van der Waals surface area (Å²) in [7, 11) is 1.52. The van der Waals surface area contributed by atoms with Crippen LogP contribution in [0.1, 0.15) is 56.5 Å². The number of hydrogen-bond acceptors (Lipinski definition) is 7. The summed E-state index contributed by atoms with van der Waals surface area (Å²) in [4.78, 5) is 13.1. The molecule has 1 saturated heterocycles. The van der Waals surface area contributed by atoms with Gasteiger partial charge in [0.15, 0.2) is 5.79 Å². The van der Waals surface area contributed by atoms with Gasteiger partial charge < -0.3 is 28.8 Å². The molecule has 1 aromatic rings. The molecule has 0 aromatic heterocycles. The Morgan fingerprint density at radius 2 is 1.83 bits per heavy atom. The zero-order chi connectivity index (χ0) is 27.1. The highest BCUT2D eigenvalue weighted by Gasteiger charge is 2.42. The van der Waals surface area contributed by atoms with E-state index in [1.54, 1.807) is 26.2 Å². The lowest BCUT2D eigenvalue weighted by molar-refractivity contribution is -0.148. The summed E-state index contributed by atoms with van der Waals surface area (Å²) in [6, 6.07) is 3.50. The fourth-order valence-corrected chi connectivity index (χ4v) is 4.58. The fourth-order valence-electron chi connectivity index (χ4n) is 4.01. The van der Waals surface area contributed by atoms with Gasteiger partial charge in [0.2, 0.25) is 0 Å². The van der Waals surface area contributed by atoms with E-state index in [-0.39, 0.29) is 24.2 Å². The Kier molecular flexibility index (Phi) is 10.8. The number of carbonyl (C=O) groups is 1. The lowest BCUT2D eigenvalue weighted by Gasteiger charge is -2.20. The average Bonchev–Trinajstić information content (AvgIpc) is 3.10. The van der Waals surface area contributed by atoms with Crippen molar-refractivity contribution in [3.05, 3.63) is 41.5 Å². The van der Waals surface area contributed by atoms with E-state index in [2.05, 4.69) is 32.6 Å². The number of aliphatic hydroxyl groups excluding tert-OH is 1. The van der Waals surface area contributed by atoms with E-state index >= 15 is 0 Å². The third kappa shape index (κ3) is 9.07. The number of methoxy groups -OCH3 is 2. The van der Waals surface area contributed by atoms with E-state index in [0.717, 1.165) is 0 Å². The van der Waals surface area contributed by atoms with Gasteiger partial charge in [0.1, 0.15) is 17.1 Å². The largest absolute Gasteiger partial charge is 0.497 e. The van der Waals surface area contributed by atoms with E-state index in [1.165, 1.54) is 7.11 Å². The molecule has 0 saturated carbocycles. The van der Waals surface area contributed by atoms with Crippen molar-refractivity contribution in [1.82, 2.24) is 0 Å². The van der Waals surface area contributed by atoms with Gasteiger partial charge in [-0.25, -0.2) is 4.79 Å². The second-order valence-corrected chi connectivity index (χ2v) is 16.5. The predicted molar refractivity (Wildman–Crippen MR) is 145 cm³/mol. The zero-order valence-corrected chi connectivity index (χ0v) is 24.3. The maximum Gasteiger partial charge on any atom is 0.342 e. The third-order valence-corrected chi connectivity index (χ3v) is 6.73. The molecule has 1 aliphatic heterocycles. The number of carbonyl (C=O) groups excluding carboxylic acids is 1. The van der Waals surface area contributed by atoms with Crippen molar-refractivity contribution in [3.8, 4) is 11.5 Å². The number of benzene rings is 1. The molecular weight excluding hydrogens is 476 g/mol. The van der Waals surface area contributed by atoms with Crippen LogP contribution < -0.4 is 9.47 Å². The highest BCUT2D eigenvalue weighted by molar-refractivity contribution is 6.76. The molecule has 0 aliphatic carbocycles. The topological polar surface area (TPSA) is 83.5 Å². The summed E-state index contributed by atoms with van der Waals surface area (Å²) >= 11 is 0. The number of esters is 1. The summed E-state index contributed by atoms with van der Waals surface area (Å²) in [5.41, 5.74) is 1.04. The molecule has 0 bridgehead atoms. The molecule has 1 unspecified atom stereocenters. The Labute approximate surface area is 217 Å². The fraction of sp³-hybridized carbons (Fsp3) is 0.607. The summed E-state index contributed by atoms with van der Waals surface area (Å²) in [6.45, 7) is 14.1. The van der Waals surface area contributed by atoms with Gasteiger partial charge in [0.25, 0.3) is 0 Å². The standard InChI is InChI=1S/C28H44O7Si/c1-19(12-10-13-20(2)29)26-23(34-28(3,4)35-26)15-11-14-21-16-22(31-5)17-24(32-6)25(21)27(30)33-18-36(7,8)9/h10-12,14,16-17,19-20,23,26,29H,13,15,18H2,1-9H3/b12-10-,14-11+/t19?,20-,23-,26-/m1/s1. The van der Waals surface area contributed by atoms with Crippen LogP contribution in [0, 0.1) is 5.92 Å². The van der Waals surface area contributed by atoms with Crippen molar-refractivity contribution >= 4 is 20.1 Å². The molecule has 2 rings (SSSR count). The van der Waals surface area contributed by atoms with Crippen LogP contribution in [-0.4, -0.2) is 63.7 Å². The average molecular weight is 521 g/mol. The lowest BCUT2D eigenvalue weighted by atomic mass is 9.96. The van der Waals surface area contributed by atoms with Crippen LogP contribution in [0.3, 0.4) is 0 Å². The Balaban J connectivity index is 2.28. The Hall–Kier alpha value is -2.13. The van der Waals surface area contributed by atoms with Gasteiger partial charge in [0.05, 0.1) is 46.8 Å². The van der Waals surface area contributed by atoms with Crippen molar-refractivity contribution in [2.24, 2.45) is 5.92 Å². The van der Waals surface area contributed by atoms with E-state index < -0.39 is 19.8 Å². The van der Waals surface area contributed by atoms with Gasteiger partial charge >= 0.3 is 5.97 Å². The van der Waals surface area contributed by atoms with Gasteiger partial charge in [0, 0.05) is 12.0 Å². The quantitative estimate of drug-likeness (QED) is 0.217. The molecule has 1 aliphatic rings. The molecule has 202 valence electrons. The Morgan fingerprint density at radius 1 is 1.14 bits per heavy atom. The molecule has 1 aromatic carbocycles. The first-order valence-electron chi connectivity index (χ1n) is 12.6. The van der Waals surface area contributed by atoms with Crippen LogP contribution >= 0.6 is 0 Å². The smallest absolute Gasteiger partial charge is 0.342 e. The maximum absolute atomic E-state index is 13.1. The minimum atomic E-state index is -1.58. The van der Waals surface area contributed by atoms with Gasteiger partial charge in [-0.05, 0) is 45.2 Å². The van der Waals surface area contributed by atoms with Crippen molar-refractivity contribution in [2.45, 2.75) is 84.3 Å². The first kappa shape index (κ1) is 30.1. The summed E-state index contributed by atoms with van der Waals surface area (Å²) in [5.74, 6) is -0.00286. The SMILES string of the molecule is COc1cc(/C=C/C[C@H]2OC(C)(C)O[C@@H]2C(C)/C=C\C[C@@H](C)O)c(C(=O)OC[Si](C)(C)C)c(OC)c1. The first-order valence-corrected chi connectivity index (χ1v) is 16.3. The number of aliphatic hydroxyl groups is 1. The zero-order valence-electron chi connectivity index (χ0n) is 23.3. The third-order valence-electron chi connectivity index (χ3n) is 5.72. The summed E-state index contributed by atoms with van der Waals surface area (Å²) < 4.78 is 29.0. The molecule has 1 fully saturated rings. The number of rotatable bonds is 12. The molecule has 7 nitrogen and oxygen atoms in total. The highest BCUT2D eigenvalue weighted by Crippen LogP contribution is 2.35.